The highest BCUT2D eigenvalue weighted by molar-refractivity contribution is 5.88. The number of aryl methyl sites for hydroxylation is 1. The lowest BCUT2D eigenvalue weighted by atomic mass is 10.2. The predicted octanol–water partition coefficient (Wildman–Crippen LogP) is 1.93. The molecule has 0 fully saturated rings. The number of nitro groups is 1. The van der Waals surface area contributed by atoms with Gasteiger partial charge in [0.15, 0.2) is 11.6 Å². The fraction of sp³-hybridized carbons (Fsp3) is 0.167. The fourth-order valence-corrected chi connectivity index (χ4v) is 1.81. The predicted molar refractivity (Wildman–Crippen MR) is 68.4 cm³/mol. The van der Waals surface area contributed by atoms with Crippen molar-refractivity contribution in [2.24, 2.45) is 0 Å². The van der Waals surface area contributed by atoms with Gasteiger partial charge in [0, 0.05) is 12.3 Å². The van der Waals surface area contributed by atoms with Gasteiger partial charge in [-0.1, -0.05) is 0 Å². The number of aromatic nitrogens is 2. The third-order valence-corrected chi connectivity index (χ3v) is 2.82. The van der Waals surface area contributed by atoms with Crippen molar-refractivity contribution in [2.45, 2.75) is 6.92 Å². The van der Waals surface area contributed by atoms with E-state index in [9.17, 15) is 19.3 Å². The third-order valence-electron chi connectivity index (χ3n) is 2.82. The summed E-state index contributed by atoms with van der Waals surface area (Å²) in [5, 5.41) is 23.9. The van der Waals surface area contributed by atoms with Crippen molar-refractivity contribution in [2.75, 3.05) is 7.11 Å². The smallest absolute Gasteiger partial charge is 0.339 e. The van der Waals surface area contributed by atoms with E-state index in [2.05, 4.69) is 5.10 Å². The van der Waals surface area contributed by atoms with Gasteiger partial charge < -0.3 is 9.84 Å². The minimum absolute atomic E-state index is 0.0890. The van der Waals surface area contributed by atoms with Gasteiger partial charge in [-0.2, -0.15) is 5.10 Å². The second kappa shape index (κ2) is 5.19. The number of carbonyl (C=O) groups is 1. The van der Waals surface area contributed by atoms with Crippen LogP contribution in [0, 0.1) is 22.9 Å². The van der Waals surface area contributed by atoms with Gasteiger partial charge in [-0.15, -0.1) is 0 Å². The summed E-state index contributed by atoms with van der Waals surface area (Å²) in [6, 6.07) is 1.79. The van der Waals surface area contributed by atoms with Gasteiger partial charge in [-0.3, -0.25) is 10.1 Å². The van der Waals surface area contributed by atoms with Gasteiger partial charge in [-0.05, 0) is 6.92 Å². The van der Waals surface area contributed by atoms with Crippen LogP contribution in [0.15, 0.2) is 18.3 Å². The highest BCUT2D eigenvalue weighted by Crippen LogP contribution is 2.30. The van der Waals surface area contributed by atoms with Gasteiger partial charge in [0.25, 0.3) is 5.69 Å². The molecule has 0 saturated heterocycles. The summed E-state index contributed by atoms with van der Waals surface area (Å²) in [7, 11) is 1.21. The van der Waals surface area contributed by atoms with E-state index in [0.717, 1.165) is 16.9 Å². The van der Waals surface area contributed by atoms with Crippen LogP contribution in [0.4, 0.5) is 10.1 Å². The number of carboxylic acids is 1. The van der Waals surface area contributed by atoms with Gasteiger partial charge >= 0.3 is 5.97 Å². The Morgan fingerprint density at radius 1 is 1.52 bits per heavy atom. The first-order valence-electron chi connectivity index (χ1n) is 5.67. The molecule has 21 heavy (non-hydrogen) atoms. The lowest BCUT2D eigenvalue weighted by molar-refractivity contribution is -0.384. The Balaban J connectivity index is 2.69. The molecule has 0 bridgehead atoms. The maximum atomic E-state index is 13.6. The van der Waals surface area contributed by atoms with Crippen molar-refractivity contribution < 1.29 is 24.0 Å². The van der Waals surface area contributed by atoms with E-state index in [-0.39, 0.29) is 22.7 Å². The van der Waals surface area contributed by atoms with E-state index in [4.69, 9.17) is 9.84 Å². The molecular weight excluding hydrogens is 285 g/mol. The molecule has 0 amide bonds. The largest absolute Gasteiger partial charge is 0.494 e. The number of rotatable bonds is 4. The highest BCUT2D eigenvalue weighted by Gasteiger charge is 2.23. The SMILES string of the molecule is COc1cc(-n2cc(C(=O)O)c(C)n2)c([N+](=O)[O-])cc1F. The molecule has 8 nitrogen and oxygen atoms in total. The monoisotopic (exact) mass is 295 g/mol. The van der Waals surface area contributed by atoms with E-state index in [0.29, 0.717) is 6.07 Å². The summed E-state index contributed by atoms with van der Waals surface area (Å²) in [6.07, 6.45) is 1.12. The second-order valence-electron chi connectivity index (χ2n) is 4.11. The number of nitro benzene ring substituents is 1. The summed E-state index contributed by atoms with van der Waals surface area (Å²) >= 11 is 0. The first-order valence-corrected chi connectivity index (χ1v) is 5.67. The van der Waals surface area contributed by atoms with Crippen LogP contribution in [-0.4, -0.2) is 32.9 Å². The zero-order valence-electron chi connectivity index (χ0n) is 11.0. The third kappa shape index (κ3) is 2.53. The van der Waals surface area contributed by atoms with Gasteiger partial charge in [0.2, 0.25) is 0 Å². The van der Waals surface area contributed by atoms with E-state index in [1.165, 1.54) is 14.0 Å². The first kappa shape index (κ1) is 14.4. The molecule has 0 aliphatic rings. The Labute approximate surface area is 117 Å². The van der Waals surface area contributed by atoms with Gasteiger partial charge in [0.05, 0.1) is 23.8 Å². The Morgan fingerprint density at radius 2 is 2.19 bits per heavy atom. The maximum absolute atomic E-state index is 13.6. The van der Waals surface area contributed by atoms with Crippen LogP contribution in [-0.2, 0) is 0 Å². The fourth-order valence-electron chi connectivity index (χ4n) is 1.81. The molecule has 0 spiro atoms. The topological polar surface area (TPSA) is 107 Å². The molecule has 2 aromatic rings. The standard InChI is InChI=1S/C12H10FN3O5/c1-6-7(12(17)18)5-15(14-6)9-4-11(21-2)8(13)3-10(9)16(19)20/h3-5H,1-2H3,(H,17,18). The Hall–Kier alpha value is -2.97. The lowest BCUT2D eigenvalue weighted by Gasteiger charge is -2.07. The van der Waals surface area contributed by atoms with Crippen LogP contribution in [0.1, 0.15) is 16.1 Å². The summed E-state index contributed by atoms with van der Waals surface area (Å²) < 4.78 is 19.4. The lowest BCUT2D eigenvalue weighted by Crippen LogP contribution is -2.03. The molecule has 1 N–H and O–H groups in total. The van der Waals surface area contributed by atoms with E-state index < -0.39 is 22.4 Å². The molecule has 0 aliphatic heterocycles. The Morgan fingerprint density at radius 3 is 2.67 bits per heavy atom. The van der Waals surface area contributed by atoms with Gasteiger partial charge in [-0.25, -0.2) is 13.9 Å². The number of hydrogen-bond donors (Lipinski definition) is 1. The van der Waals surface area contributed by atoms with E-state index in [1.807, 2.05) is 0 Å². The van der Waals surface area contributed by atoms with Crippen LogP contribution in [0.5, 0.6) is 5.75 Å². The quantitative estimate of drug-likeness (QED) is 0.682. The highest BCUT2D eigenvalue weighted by atomic mass is 19.1. The van der Waals surface area contributed by atoms with Crippen LogP contribution in [0.3, 0.4) is 0 Å². The summed E-state index contributed by atoms with van der Waals surface area (Å²) in [5.74, 6) is -2.31. The van der Waals surface area contributed by atoms with Crippen molar-refractivity contribution in [3.63, 3.8) is 0 Å². The number of methoxy groups -OCH3 is 1. The van der Waals surface area contributed by atoms with Crippen molar-refractivity contribution in [1.29, 1.82) is 0 Å². The van der Waals surface area contributed by atoms with Crippen LogP contribution < -0.4 is 4.74 Å². The van der Waals surface area contributed by atoms with Crippen molar-refractivity contribution in [1.82, 2.24) is 9.78 Å². The molecule has 0 atom stereocenters. The summed E-state index contributed by atoms with van der Waals surface area (Å²) in [4.78, 5) is 21.2. The zero-order valence-corrected chi connectivity index (χ0v) is 11.0. The van der Waals surface area contributed by atoms with Crippen LogP contribution in [0.25, 0.3) is 5.69 Å². The van der Waals surface area contributed by atoms with E-state index in [1.54, 1.807) is 0 Å². The summed E-state index contributed by atoms with van der Waals surface area (Å²) in [6.45, 7) is 1.45. The van der Waals surface area contributed by atoms with Crippen LogP contribution >= 0.6 is 0 Å². The molecule has 2 rings (SSSR count). The molecule has 1 aromatic heterocycles. The average Bonchev–Trinajstić information content (AvgIpc) is 2.80. The normalized spacial score (nSPS) is 10.4. The number of hydrogen-bond acceptors (Lipinski definition) is 5. The number of ether oxygens (including phenoxy) is 1. The minimum atomic E-state index is -1.21. The minimum Gasteiger partial charge on any atom is -0.494 e. The molecule has 9 heteroatoms. The number of halogens is 1. The van der Waals surface area contributed by atoms with Crippen molar-refractivity contribution in [3.8, 4) is 11.4 Å². The molecular formula is C12H10FN3O5. The van der Waals surface area contributed by atoms with Crippen molar-refractivity contribution in [3.05, 3.63) is 45.5 Å². The molecule has 0 saturated carbocycles. The van der Waals surface area contributed by atoms with Gasteiger partial charge in [0.1, 0.15) is 11.3 Å². The second-order valence-corrected chi connectivity index (χ2v) is 4.11. The zero-order chi connectivity index (χ0) is 15.7. The number of carboxylic acid groups (broad SMARTS) is 1. The number of aromatic carboxylic acids is 1. The summed E-state index contributed by atoms with van der Waals surface area (Å²) in [5.41, 5.74) is -0.561. The van der Waals surface area contributed by atoms with Crippen molar-refractivity contribution >= 4 is 11.7 Å². The first-order chi connectivity index (χ1) is 9.85. The molecule has 1 heterocycles. The Bertz CT molecular complexity index is 741. The molecule has 0 aliphatic carbocycles. The molecule has 0 unspecified atom stereocenters. The molecule has 1 aromatic carbocycles. The number of benzene rings is 1. The van der Waals surface area contributed by atoms with Crippen LogP contribution in [0.2, 0.25) is 0 Å². The van der Waals surface area contributed by atoms with E-state index >= 15 is 0 Å². The number of nitrogens with zero attached hydrogens (tertiary/aromatic N) is 3. The molecule has 0 radical (unpaired) electrons. The maximum Gasteiger partial charge on any atom is 0.339 e. The molecule has 110 valence electrons. The Kier molecular flexibility index (Phi) is 3.57. The average molecular weight is 295 g/mol.